The van der Waals surface area contributed by atoms with Gasteiger partial charge in [-0.1, -0.05) is 6.07 Å². The Morgan fingerprint density at radius 3 is 2.93 bits per heavy atom. The molecule has 0 aliphatic rings. The number of halogens is 1. The molecule has 0 radical (unpaired) electrons. The van der Waals surface area contributed by atoms with Crippen LogP contribution in [0.5, 0.6) is 0 Å². The number of fused-ring (bicyclic) bond motifs is 1. The quantitative estimate of drug-likeness (QED) is 0.927. The Bertz CT molecular complexity index is 476. The highest BCUT2D eigenvalue weighted by atomic mass is 79.9. The van der Waals surface area contributed by atoms with Crippen molar-refractivity contribution in [2.24, 2.45) is 0 Å². The first-order valence-electron chi connectivity index (χ1n) is 5.05. The van der Waals surface area contributed by atoms with Crippen LogP contribution in [0, 0.1) is 0 Å². The van der Waals surface area contributed by atoms with Gasteiger partial charge in [0.25, 0.3) is 0 Å². The van der Waals surface area contributed by atoms with Gasteiger partial charge in [0.1, 0.15) is 4.60 Å². The molecular formula is C11H14BrN3. The summed E-state index contributed by atoms with van der Waals surface area (Å²) in [5.41, 5.74) is 2.31. The number of nitrogens with zero attached hydrogens (tertiary/aromatic N) is 2. The van der Waals surface area contributed by atoms with E-state index >= 15 is 0 Å². The Morgan fingerprint density at radius 2 is 2.27 bits per heavy atom. The molecule has 0 fully saturated rings. The topological polar surface area (TPSA) is 29.9 Å². The molecule has 4 heteroatoms. The summed E-state index contributed by atoms with van der Waals surface area (Å²) in [7, 11) is 1.95. The van der Waals surface area contributed by atoms with E-state index in [0.717, 1.165) is 23.2 Å². The molecule has 0 bridgehead atoms. The van der Waals surface area contributed by atoms with E-state index in [1.54, 1.807) is 0 Å². The van der Waals surface area contributed by atoms with Gasteiger partial charge in [-0.05, 0) is 47.6 Å². The number of nitrogens with one attached hydrogen (secondary N) is 1. The maximum absolute atomic E-state index is 4.52. The monoisotopic (exact) mass is 267 g/mol. The van der Waals surface area contributed by atoms with Crippen LogP contribution in [0.25, 0.3) is 10.9 Å². The average Bonchev–Trinajstić information content (AvgIpc) is 2.56. The van der Waals surface area contributed by atoms with Gasteiger partial charge in [-0.2, -0.15) is 5.10 Å². The molecule has 1 heterocycles. The molecule has 0 amide bonds. The second kappa shape index (κ2) is 4.33. The Labute approximate surface area is 97.6 Å². The molecule has 2 aromatic rings. The van der Waals surface area contributed by atoms with Crippen LogP contribution in [0.4, 0.5) is 0 Å². The average molecular weight is 268 g/mol. The van der Waals surface area contributed by atoms with Crippen LogP contribution in [0.2, 0.25) is 0 Å². The van der Waals surface area contributed by atoms with E-state index in [9.17, 15) is 0 Å². The summed E-state index contributed by atoms with van der Waals surface area (Å²) in [6, 6.07) is 6.37. The van der Waals surface area contributed by atoms with E-state index in [2.05, 4.69) is 51.5 Å². The van der Waals surface area contributed by atoms with E-state index < -0.39 is 0 Å². The molecule has 0 spiro atoms. The van der Waals surface area contributed by atoms with Crippen LogP contribution in [0.1, 0.15) is 12.5 Å². The Kier molecular flexibility index (Phi) is 3.07. The van der Waals surface area contributed by atoms with Crippen LogP contribution < -0.4 is 5.32 Å². The highest BCUT2D eigenvalue weighted by Crippen LogP contribution is 2.24. The predicted molar refractivity (Wildman–Crippen MR) is 65.9 cm³/mol. The fourth-order valence-corrected chi connectivity index (χ4v) is 2.34. The number of hydrogen-bond acceptors (Lipinski definition) is 2. The Hall–Kier alpha value is -0.870. The molecule has 1 aromatic heterocycles. The first-order chi connectivity index (χ1) is 7.26. The summed E-state index contributed by atoms with van der Waals surface area (Å²) in [6.45, 7) is 3.86. The van der Waals surface area contributed by atoms with Crippen molar-refractivity contribution in [3.63, 3.8) is 0 Å². The number of rotatable bonds is 3. The molecule has 3 nitrogen and oxygen atoms in total. The van der Waals surface area contributed by atoms with Gasteiger partial charge in [-0.3, -0.25) is 4.68 Å². The lowest BCUT2D eigenvalue weighted by Gasteiger charge is -1.98. The minimum absolute atomic E-state index is 0.881. The molecule has 1 aromatic carbocycles. The van der Waals surface area contributed by atoms with Crippen molar-refractivity contribution in [3.05, 3.63) is 28.4 Å². The van der Waals surface area contributed by atoms with Crippen molar-refractivity contribution in [1.29, 1.82) is 0 Å². The van der Waals surface area contributed by atoms with E-state index in [1.807, 2.05) is 11.7 Å². The third-order valence-electron chi connectivity index (χ3n) is 2.42. The number of hydrogen-bond donors (Lipinski definition) is 1. The first-order valence-corrected chi connectivity index (χ1v) is 5.85. The van der Waals surface area contributed by atoms with Gasteiger partial charge in [0.2, 0.25) is 0 Å². The largest absolute Gasteiger partial charge is 0.316 e. The molecule has 0 aliphatic heterocycles. The fraction of sp³-hybridized carbons (Fsp3) is 0.364. The van der Waals surface area contributed by atoms with Crippen molar-refractivity contribution in [3.8, 4) is 0 Å². The fourth-order valence-electron chi connectivity index (χ4n) is 1.67. The van der Waals surface area contributed by atoms with Crippen LogP contribution >= 0.6 is 15.9 Å². The maximum atomic E-state index is 4.52. The standard InChI is InChI=1S/C11H14BrN3/c1-3-15-11(12)9-5-4-8(7-13-2)6-10(9)14-15/h4-6,13H,3,7H2,1-2H3. The van der Waals surface area contributed by atoms with Crippen LogP contribution in [0.15, 0.2) is 22.8 Å². The van der Waals surface area contributed by atoms with Crippen molar-refractivity contribution in [1.82, 2.24) is 15.1 Å². The third kappa shape index (κ3) is 1.92. The second-order valence-electron chi connectivity index (χ2n) is 3.49. The normalized spacial score (nSPS) is 11.1. The van der Waals surface area contributed by atoms with Gasteiger partial charge >= 0.3 is 0 Å². The number of aromatic nitrogens is 2. The zero-order valence-corrected chi connectivity index (χ0v) is 10.5. The van der Waals surface area contributed by atoms with Gasteiger partial charge in [-0.15, -0.1) is 0 Å². The molecule has 0 saturated heterocycles. The highest BCUT2D eigenvalue weighted by molar-refractivity contribution is 9.10. The molecule has 1 N–H and O–H groups in total. The zero-order valence-electron chi connectivity index (χ0n) is 8.92. The summed E-state index contributed by atoms with van der Waals surface area (Å²) in [5, 5.41) is 8.83. The molecule has 0 unspecified atom stereocenters. The van der Waals surface area contributed by atoms with E-state index in [1.165, 1.54) is 10.9 Å². The van der Waals surface area contributed by atoms with Crippen molar-refractivity contribution in [2.45, 2.75) is 20.0 Å². The zero-order chi connectivity index (χ0) is 10.8. The summed E-state index contributed by atoms with van der Waals surface area (Å²) in [4.78, 5) is 0. The lowest BCUT2D eigenvalue weighted by Crippen LogP contribution is -2.04. The van der Waals surface area contributed by atoms with E-state index in [4.69, 9.17) is 0 Å². The molecule has 80 valence electrons. The maximum Gasteiger partial charge on any atom is 0.111 e. The van der Waals surface area contributed by atoms with Crippen molar-refractivity contribution < 1.29 is 0 Å². The summed E-state index contributed by atoms with van der Waals surface area (Å²) in [6.07, 6.45) is 0. The Balaban J connectivity index is 2.53. The van der Waals surface area contributed by atoms with Gasteiger partial charge in [0, 0.05) is 18.5 Å². The van der Waals surface area contributed by atoms with Crippen molar-refractivity contribution in [2.75, 3.05) is 7.05 Å². The molecule has 0 atom stereocenters. The van der Waals surface area contributed by atoms with Gasteiger partial charge < -0.3 is 5.32 Å². The number of aryl methyl sites for hydroxylation is 1. The van der Waals surface area contributed by atoms with Crippen molar-refractivity contribution >= 4 is 26.8 Å². The van der Waals surface area contributed by atoms with Crippen LogP contribution in [0.3, 0.4) is 0 Å². The smallest absolute Gasteiger partial charge is 0.111 e. The first kappa shape index (κ1) is 10.6. The summed E-state index contributed by atoms with van der Waals surface area (Å²) < 4.78 is 3.03. The lowest BCUT2D eigenvalue weighted by atomic mass is 10.2. The highest BCUT2D eigenvalue weighted by Gasteiger charge is 2.07. The van der Waals surface area contributed by atoms with Gasteiger partial charge in [0.05, 0.1) is 5.52 Å². The van der Waals surface area contributed by atoms with Gasteiger partial charge in [-0.25, -0.2) is 0 Å². The van der Waals surface area contributed by atoms with Crippen LogP contribution in [-0.2, 0) is 13.1 Å². The SMILES string of the molecule is CCn1nc2cc(CNC)ccc2c1Br. The molecule has 2 rings (SSSR count). The van der Waals surface area contributed by atoms with Gasteiger partial charge in [0.15, 0.2) is 0 Å². The third-order valence-corrected chi connectivity index (χ3v) is 3.26. The van der Waals surface area contributed by atoms with E-state index in [0.29, 0.717) is 0 Å². The minimum Gasteiger partial charge on any atom is -0.316 e. The Morgan fingerprint density at radius 1 is 1.47 bits per heavy atom. The summed E-state index contributed by atoms with van der Waals surface area (Å²) >= 11 is 3.56. The molecular weight excluding hydrogens is 254 g/mol. The molecule has 0 saturated carbocycles. The van der Waals surface area contributed by atoms with E-state index in [-0.39, 0.29) is 0 Å². The predicted octanol–water partition coefficient (Wildman–Crippen LogP) is 2.54. The second-order valence-corrected chi connectivity index (χ2v) is 4.24. The molecule has 15 heavy (non-hydrogen) atoms. The van der Waals surface area contributed by atoms with Crippen LogP contribution in [-0.4, -0.2) is 16.8 Å². The lowest BCUT2D eigenvalue weighted by molar-refractivity contribution is 0.653. The molecule has 0 aliphatic carbocycles. The number of benzene rings is 1. The minimum atomic E-state index is 0.881. The summed E-state index contributed by atoms with van der Waals surface area (Å²) in [5.74, 6) is 0.